The molecule has 2 unspecified atom stereocenters. The number of carboxylic acids is 1. The number of aliphatic imine (C=N–C) groups is 1. The summed E-state index contributed by atoms with van der Waals surface area (Å²) < 4.78 is 5.49. The van der Waals surface area contributed by atoms with Crippen molar-refractivity contribution in [3.8, 4) is 5.75 Å². The van der Waals surface area contributed by atoms with E-state index in [0.29, 0.717) is 42.3 Å². The molecule has 0 radical (unpaired) electrons. The number of anilines is 1. The fraction of sp³-hybridized carbons (Fsp3) is 0.304. The zero-order chi connectivity index (χ0) is 26.5. The SMILES string of the molecule is NCCCOc1ccc(NC(=O)C(CC(=O)O)NC(=O)CNC(O)c2cccc(N=C(N)N)c2)cc1. The zero-order valence-corrected chi connectivity index (χ0v) is 19.5. The summed E-state index contributed by atoms with van der Waals surface area (Å²) >= 11 is 0. The second kappa shape index (κ2) is 14.3. The standard InChI is InChI=1S/C23H31N7O6/c24-9-2-10-36-17-7-5-15(6-8-17)28-22(35)18(12-20(32)33)30-19(31)13-27-21(34)14-3-1-4-16(11-14)29-23(25)26/h1,3-8,11,18,21,27,34H,2,9-10,12-13,24H2,(H,28,35)(H,30,31)(H,32,33)(H4,25,26,29). The molecule has 13 nitrogen and oxygen atoms in total. The van der Waals surface area contributed by atoms with Crippen LogP contribution in [0.2, 0.25) is 0 Å². The Hall–Kier alpha value is -4.20. The Balaban J connectivity index is 1.93. The molecule has 0 heterocycles. The van der Waals surface area contributed by atoms with Gasteiger partial charge in [0.1, 0.15) is 18.0 Å². The van der Waals surface area contributed by atoms with Crippen LogP contribution in [0.15, 0.2) is 53.5 Å². The monoisotopic (exact) mass is 501 g/mol. The van der Waals surface area contributed by atoms with Crippen LogP contribution >= 0.6 is 0 Å². The Morgan fingerprint density at radius 3 is 2.44 bits per heavy atom. The maximum atomic E-state index is 12.6. The van der Waals surface area contributed by atoms with Crippen molar-refractivity contribution in [2.24, 2.45) is 22.2 Å². The molecule has 0 aromatic heterocycles. The summed E-state index contributed by atoms with van der Waals surface area (Å²) in [6.45, 7) is 0.567. The molecule has 0 aliphatic rings. The summed E-state index contributed by atoms with van der Waals surface area (Å²) in [5.41, 5.74) is 17.3. The Morgan fingerprint density at radius 1 is 1.08 bits per heavy atom. The lowest BCUT2D eigenvalue weighted by Crippen LogP contribution is -2.48. The normalized spacial score (nSPS) is 12.2. The quantitative estimate of drug-likeness (QED) is 0.0716. The topological polar surface area (TPSA) is 227 Å². The molecule has 194 valence electrons. The number of guanidine groups is 1. The minimum atomic E-state index is -1.35. The number of hydrogen-bond acceptors (Lipinski definition) is 8. The first-order valence-electron chi connectivity index (χ1n) is 11.0. The van der Waals surface area contributed by atoms with E-state index in [1.165, 1.54) is 6.07 Å². The van der Waals surface area contributed by atoms with E-state index >= 15 is 0 Å². The number of nitrogens with zero attached hydrogens (tertiary/aromatic N) is 1. The largest absolute Gasteiger partial charge is 0.494 e. The van der Waals surface area contributed by atoms with Crippen molar-refractivity contribution in [1.29, 1.82) is 0 Å². The van der Waals surface area contributed by atoms with E-state index in [1.807, 2.05) is 0 Å². The third-order valence-electron chi connectivity index (χ3n) is 4.67. The molecule has 2 amide bonds. The summed E-state index contributed by atoms with van der Waals surface area (Å²) in [5, 5.41) is 27.0. The second-order valence-corrected chi connectivity index (χ2v) is 7.64. The zero-order valence-electron chi connectivity index (χ0n) is 19.5. The van der Waals surface area contributed by atoms with Crippen LogP contribution in [0, 0.1) is 0 Å². The number of rotatable bonds is 14. The summed E-state index contributed by atoms with van der Waals surface area (Å²) in [5.74, 6) is -2.25. The maximum absolute atomic E-state index is 12.6. The van der Waals surface area contributed by atoms with Gasteiger partial charge in [0.05, 0.1) is 25.3 Å². The van der Waals surface area contributed by atoms with Crippen molar-refractivity contribution in [2.75, 3.05) is 25.0 Å². The van der Waals surface area contributed by atoms with Crippen molar-refractivity contribution in [3.05, 3.63) is 54.1 Å². The van der Waals surface area contributed by atoms with Gasteiger partial charge in [-0.2, -0.15) is 0 Å². The Labute approximate surface area is 207 Å². The van der Waals surface area contributed by atoms with Gasteiger partial charge in [-0.05, 0) is 54.9 Å². The van der Waals surface area contributed by atoms with Crippen molar-refractivity contribution in [3.63, 3.8) is 0 Å². The first kappa shape index (κ1) is 28.0. The minimum absolute atomic E-state index is 0.150. The molecule has 0 fully saturated rings. The van der Waals surface area contributed by atoms with Crippen LogP contribution < -0.4 is 37.9 Å². The molecule has 0 saturated carbocycles. The van der Waals surface area contributed by atoms with E-state index < -0.39 is 43.0 Å². The number of ether oxygens (including phenoxy) is 1. The maximum Gasteiger partial charge on any atom is 0.305 e. The summed E-state index contributed by atoms with van der Waals surface area (Å²) in [4.78, 5) is 40.1. The number of aliphatic hydroxyl groups excluding tert-OH is 1. The number of amides is 2. The van der Waals surface area contributed by atoms with Gasteiger partial charge in [0.25, 0.3) is 0 Å². The van der Waals surface area contributed by atoms with Crippen LogP contribution in [-0.4, -0.2) is 59.7 Å². The second-order valence-electron chi connectivity index (χ2n) is 7.64. The van der Waals surface area contributed by atoms with E-state index in [2.05, 4.69) is 20.9 Å². The first-order chi connectivity index (χ1) is 17.2. The van der Waals surface area contributed by atoms with E-state index in [9.17, 15) is 19.5 Å². The third kappa shape index (κ3) is 9.97. The fourth-order valence-corrected chi connectivity index (χ4v) is 2.99. The van der Waals surface area contributed by atoms with Crippen LogP contribution in [0.1, 0.15) is 24.6 Å². The predicted molar refractivity (Wildman–Crippen MR) is 133 cm³/mol. The highest BCUT2D eigenvalue weighted by molar-refractivity contribution is 5.99. The Morgan fingerprint density at radius 2 is 1.81 bits per heavy atom. The lowest BCUT2D eigenvalue weighted by Gasteiger charge is -2.18. The van der Waals surface area contributed by atoms with E-state index in [-0.39, 0.29) is 5.96 Å². The molecule has 2 aromatic carbocycles. The van der Waals surface area contributed by atoms with Gasteiger partial charge in [0.2, 0.25) is 11.8 Å². The molecule has 2 rings (SSSR count). The molecule has 0 spiro atoms. The number of aliphatic hydroxyl groups is 1. The first-order valence-corrected chi connectivity index (χ1v) is 11.0. The number of nitrogens with one attached hydrogen (secondary N) is 3. The van der Waals surface area contributed by atoms with Crippen LogP contribution in [0.5, 0.6) is 5.75 Å². The van der Waals surface area contributed by atoms with Gasteiger partial charge in [0, 0.05) is 5.69 Å². The molecular weight excluding hydrogens is 470 g/mol. The highest BCUT2D eigenvalue weighted by atomic mass is 16.5. The number of nitrogens with two attached hydrogens (primary N) is 3. The highest BCUT2D eigenvalue weighted by Gasteiger charge is 2.24. The average Bonchev–Trinajstić information content (AvgIpc) is 2.83. The van der Waals surface area contributed by atoms with E-state index in [1.54, 1.807) is 42.5 Å². The molecule has 36 heavy (non-hydrogen) atoms. The van der Waals surface area contributed by atoms with Gasteiger partial charge in [-0.15, -0.1) is 0 Å². The fourth-order valence-electron chi connectivity index (χ4n) is 2.99. The van der Waals surface area contributed by atoms with Gasteiger partial charge in [-0.3, -0.25) is 19.7 Å². The Bertz CT molecular complexity index is 1060. The molecule has 0 aliphatic heterocycles. The minimum Gasteiger partial charge on any atom is -0.494 e. The summed E-state index contributed by atoms with van der Waals surface area (Å²) in [6, 6.07) is 11.5. The molecule has 13 heteroatoms. The molecule has 2 atom stereocenters. The molecule has 0 bridgehead atoms. The molecule has 0 aliphatic carbocycles. The third-order valence-corrected chi connectivity index (χ3v) is 4.67. The number of carbonyl (C=O) groups excluding carboxylic acids is 2. The number of benzene rings is 2. The van der Waals surface area contributed by atoms with Crippen molar-refractivity contribution in [2.45, 2.75) is 25.1 Å². The lowest BCUT2D eigenvalue weighted by atomic mass is 10.1. The lowest BCUT2D eigenvalue weighted by molar-refractivity contribution is -0.139. The van der Waals surface area contributed by atoms with Gasteiger partial charge >= 0.3 is 5.97 Å². The van der Waals surface area contributed by atoms with Gasteiger partial charge < -0.3 is 42.8 Å². The van der Waals surface area contributed by atoms with Gasteiger partial charge in [-0.1, -0.05) is 12.1 Å². The number of aliphatic carboxylic acids is 1. The van der Waals surface area contributed by atoms with Crippen molar-refractivity contribution in [1.82, 2.24) is 10.6 Å². The Kier molecular flexibility index (Phi) is 11.1. The smallest absolute Gasteiger partial charge is 0.305 e. The average molecular weight is 502 g/mol. The van der Waals surface area contributed by atoms with Gasteiger partial charge in [-0.25, -0.2) is 4.99 Å². The van der Waals surface area contributed by atoms with Crippen LogP contribution in [0.4, 0.5) is 11.4 Å². The molecular formula is C23H31N7O6. The van der Waals surface area contributed by atoms with Crippen LogP contribution in [0.25, 0.3) is 0 Å². The summed E-state index contributed by atoms with van der Waals surface area (Å²) in [6.07, 6.45) is -1.19. The van der Waals surface area contributed by atoms with Gasteiger partial charge in [0.15, 0.2) is 5.96 Å². The van der Waals surface area contributed by atoms with E-state index in [0.717, 1.165) is 0 Å². The number of hydrogen-bond donors (Lipinski definition) is 8. The summed E-state index contributed by atoms with van der Waals surface area (Å²) in [7, 11) is 0. The molecule has 11 N–H and O–H groups in total. The van der Waals surface area contributed by atoms with Crippen molar-refractivity contribution >= 4 is 35.1 Å². The van der Waals surface area contributed by atoms with Crippen LogP contribution in [-0.2, 0) is 14.4 Å². The van der Waals surface area contributed by atoms with Crippen LogP contribution in [0.3, 0.4) is 0 Å². The highest BCUT2D eigenvalue weighted by Crippen LogP contribution is 2.18. The number of carboxylic acid groups (broad SMARTS) is 1. The molecule has 2 aromatic rings. The van der Waals surface area contributed by atoms with E-state index in [4.69, 9.17) is 27.0 Å². The van der Waals surface area contributed by atoms with Crippen molar-refractivity contribution < 1.29 is 29.3 Å². The number of carbonyl (C=O) groups is 3. The predicted octanol–water partition coefficient (Wildman–Crippen LogP) is -0.502. The molecule has 0 saturated heterocycles.